The SMILES string of the molecule is c1cnc2c(c1)Cc1cc3ccccc3nc1-2. The molecule has 0 saturated carbocycles. The summed E-state index contributed by atoms with van der Waals surface area (Å²) in [7, 11) is 0. The predicted molar refractivity (Wildman–Crippen MR) is 67.8 cm³/mol. The maximum Gasteiger partial charge on any atom is 0.0932 e. The molecule has 80 valence electrons. The maximum absolute atomic E-state index is 4.73. The Hall–Kier alpha value is -2.22. The Bertz CT molecular complexity index is 732. The molecule has 0 spiro atoms. The van der Waals surface area contributed by atoms with E-state index in [2.05, 4.69) is 35.3 Å². The van der Waals surface area contributed by atoms with Crippen LogP contribution in [-0.2, 0) is 6.42 Å². The zero-order valence-corrected chi connectivity index (χ0v) is 9.22. The highest BCUT2D eigenvalue weighted by Crippen LogP contribution is 2.34. The minimum atomic E-state index is 0.955. The molecule has 0 saturated heterocycles. The molecule has 0 amide bonds. The molecule has 0 bridgehead atoms. The standard InChI is InChI=1S/C15H10N2/c1-2-6-13-10(4-1)8-12-9-11-5-3-7-16-14(11)15(12)17-13/h1-8H,9H2. The highest BCUT2D eigenvalue weighted by molar-refractivity contribution is 5.85. The third-order valence-corrected chi connectivity index (χ3v) is 3.30. The fourth-order valence-electron chi connectivity index (χ4n) is 2.50. The van der Waals surface area contributed by atoms with Crippen molar-refractivity contribution in [1.82, 2.24) is 9.97 Å². The minimum Gasteiger partial charge on any atom is -0.254 e. The van der Waals surface area contributed by atoms with Crippen LogP contribution >= 0.6 is 0 Å². The average molecular weight is 218 g/mol. The first-order valence-corrected chi connectivity index (χ1v) is 5.75. The molecular formula is C15H10N2. The van der Waals surface area contributed by atoms with Gasteiger partial charge < -0.3 is 0 Å². The van der Waals surface area contributed by atoms with Gasteiger partial charge in [0.05, 0.1) is 16.9 Å². The number of rotatable bonds is 0. The van der Waals surface area contributed by atoms with Gasteiger partial charge >= 0.3 is 0 Å². The lowest BCUT2D eigenvalue weighted by atomic mass is 10.1. The van der Waals surface area contributed by atoms with Gasteiger partial charge in [-0.1, -0.05) is 24.3 Å². The largest absolute Gasteiger partial charge is 0.254 e. The maximum atomic E-state index is 4.73. The Balaban J connectivity index is 2.07. The molecule has 0 fully saturated rings. The van der Waals surface area contributed by atoms with E-state index >= 15 is 0 Å². The number of para-hydroxylation sites is 1. The van der Waals surface area contributed by atoms with Gasteiger partial charge in [0.1, 0.15) is 0 Å². The van der Waals surface area contributed by atoms with Gasteiger partial charge in [0.15, 0.2) is 0 Å². The Morgan fingerprint density at radius 1 is 0.882 bits per heavy atom. The fourth-order valence-corrected chi connectivity index (χ4v) is 2.50. The smallest absolute Gasteiger partial charge is 0.0932 e. The van der Waals surface area contributed by atoms with Gasteiger partial charge in [0.25, 0.3) is 0 Å². The molecule has 17 heavy (non-hydrogen) atoms. The lowest BCUT2D eigenvalue weighted by Gasteiger charge is -2.02. The van der Waals surface area contributed by atoms with Gasteiger partial charge in [0, 0.05) is 18.0 Å². The summed E-state index contributed by atoms with van der Waals surface area (Å²) in [5.41, 5.74) is 5.72. The molecule has 0 N–H and O–H groups in total. The molecular weight excluding hydrogens is 208 g/mol. The summed E-state index contributed by atoms with van der Waals surface area (Å²) < 4.78 is 0. The van der Waals surface area contributed by atoms with Crippen LogP contribution in [0.5, 0.6) is 0 Å². The molecule has 4 rings (SSSR count). The van der Waals surface area contributed by atoms with Gasteiger partial charge in [-0.2, -0.15) is 0 Å². The molecule has 1 aliphatic rings. The highest BCUT2D eigenvalue weighted by Gasteiger charge is 2.20. The van der Waals surface area contributed by atoms with Crippen LogP contribution in [0.1, 0.15) is 11.1 Å². The Labute approximate surface area is 99.0 Å². The first-order valence-electron chi connectivity index (χ1n) is 5.75. The summed E-state index contributed by atoms with van der Waals surface area (Å²) >= 11 is 0. The quantitative estimate of drug-likeness (QED) is 0.453. The zero-order valence-electron chi connectivity index (χ0n) is 9.22. The van der Waals surface area contributed by atoms with Crippen molar-refractivity contribution in [2.45, 2.75) is 6.42 Å². The van der Waals surface area contributed by atoms with Crippen LogP contribution in [0.3, 0.4) is 0 Å². The molecule has 2 heteroatoms. The monoisotopic (exact) mass is 218 g/mol. The van der Waals surface area contributed by atoms with E-state index in [0.717, 1.165) is 23.3 Å². The first kappa shape index (κ1) is 8.88. The molecule has 1 aromatic carbocycles. The van der Waals surface area contributed by atoms with E-state index in [1.807, 2.05) is 18.3 Å². The van der Waals surface area contributed by atoms with Crippen molar-refractivity contribution in [2.24, 2.45) is 0 Å². The van der Waals surface area contributed by atoms with Crippen LogP contribution in [0.15, 0.2) is 48.7 Å². The fraction of sp³-hybridized carbons (Fsp3) is 0.0667. The van der Waals surface area contributed by atoms with Crippen molar-refractivity contribution in [3.05, 3.63) is 59.8 Å². The Morgan fingerprint density at radius 3 is 2.82 bits per heavy atom. The lowest BCUT2D eigenvalue weighted by molar-refractivity contribution is 1.23. The van der Waals surface area contributed by atoms with Crippen LogP contribution < -0.4 is 0 Å². The Morgan fingerprint density at radius 2 is 1.82 bits per heavy atom. The van der Waals surface area contributed by atoms with E-state index in [4.69, 9.17) is 4.98 Å². The lowest BCUT2D eigenvalue weighted by Crippen LogP contribution is -1.87. The summed E-state index contributed by atoms with van der Waals surface area (Å²) in [4.78, 5) is 9.18. The first-order chi connectivity index (χ1) is 8.42. The van der Waals surface area contributed by atoms with Gasteiger partial charge in [-0.05, 0) is 29.3 Å². The van der Waals surface area contributed by atoms with Gasteiger partial charge in [-0.3, -0.25) is 4.98 Å². The summed E-state index contributed by atoms with van der Waals surface area (Å²) in [6.45, 7) is 0. The second-order valence-corrected chi connectivity index (χ2v) is 4.38. The van der Waals surface area contributed by atoms with Gasteiger partial charge in [-0.15, -0.1) is 0 Å². The summed E-state index contributed by atoms with van der Waals surface area (Å²) in [6, 6.07) is 14.6. The zero-order chi connectivity index (χ0) is 11.2. The predicted octanol–water partition coefficient (Wildman–Crippen LogP) is 3.20. The molecule has 1 aliphatic carbocycles. The number of aromatic nitrogens is 2. The second-order valence-electron chi connectivity index (χ2n) is 4.38. The van der Waals surface area contributed by atoms with Crippen LogP contribution in [0.25, 0.3) is 22.3 Å². The molecule has 2 aromatic heterocycles. The van der Waals surface area contributed by atoms with Crippen molar-refractivity contribution in [3.8, 4) is 11.4 Å². The van der Waals surface area contributed by atoms with Gasteiger partial charge in [0.2, 0.25) is 0 Å². The average Bonchev–Trinajstić information content (AvgIpc) is 2.73. The van der Waals surface area contributed by atoms with E-state index in [1.54, 1.807) is 0 Å². The molecule has 2 heterocycles. The highest BCUT2D eigenvalue weighted by atomic mass is 14.8. The van der Waals surface area contributed by atoms with Crippen molar-refractivity contribution >= 4 is 10.9 Å². The third kappa shape index (κ3) is 1.21. The van der Waals surface area contributed by atoms with E-state index in [1.165, 1.54) is 16.5 Å². The van der Waals surface area contributed by atoms with Crippen molar-refractivity contribution in [3.63, 3.8) is 0 Å². The van der Waals surface area contributed by atoms with E-state index in [0.29, 0.717) is 0 Å². The van der Waals surface area contributed by atoms with E-state index < -0.39 is 0 Å². The second kappa shape index (κ2) is 3.14. The van der Waals surface area contributed by atoms with Gasteiger partial charge in [-0.25, -0.2) is 4.98 Å². The molecule has 0 aliphatic heterocycles. The van der Waals surface area contributed by atoms with Crippen molar-refractivity contribution in [1.29, 1.82) is 0 Å². The molecule has 0 unspecified atom stereocenters. The number of hydrogen-bond acceptors (Lipinski definition) is 2. The molecule has 0 radical (unpaired) electrons. The third-order valence-electron chi connectivity index (χ3n) is 3.30. The molecule has 0 atom stereocenters. The Kier molecular flexibility index (Phi) is 1.64. The number of benzene rings is 1. The van der Waals surface area contributed by atoms with Crippen molar-refractivity contribution in [2.75, 3.05) is 0 Å². The normalized spacial score (nSPS) is 12.5. The number of hydrogen-bond donors (Lipinski definition) is 0. The van der Waals surface area contributed by atoms with Crippen LogP contribution in [0.2, 0.25) is 0 Å². The summed E-state index contributed by atoms with van der Waals surface area (Å²) in [5, 5.41) is 1.21. The van der Waals surface area contributed by atoms with Crippen molar-refractivity contribution < 1.29 is 0 Å². The van der Waals surface area contributed by atoms with Crippen LogP contribution in [0.4, 0.5) is 0 Å². The summed E-state index contributed by atoms with van der Waals surface area (Å²) in [5.74, 6) is 0. The van der Waals surface area contributed by atoms with Crippen LogP contribution in [-0.4, -0.2) is 9.97 Å². The number of pyridine rings is 2. The molecule has 3 aromatic rings. The van der Waals surface area contributed by atoms with E-state index in [-0.39, 0.29) is 0 Å². The molecule has 2 nitrogen and oxygen atoms in total. The van der Waals surface area contributed by atoms with E-state index in [9.17, 15) is 0 Å². The number of fused-ring (bicyclic) bond motifs is 4. The topological polar surface area (TPSA) is 25.8 Å². The minimum absolute atomic E-state index is 0.955. The van der Waals surface area contributed by atoms with Crippen LogP contribution in [0, 0.1) is 0 Å². The number of nitrogens with zero attached hydrogens (tertiary/aromatic N) is 2. The summed E-state index contributed by atoms with van der Waals surface area (Å²) in [6.07, 6.45) is 2.79.